The number of carbonyl (C=O) groups is 2. The van der Waals surface area contributed by atoms with Gasteiger partial charge in [-0.15, -0.1) is 0 Å². The summed E-state index contributed by atoms with van der Waals surface area (Å²) < 4.78 is 0.839. The molecule has 3 aliphatic rings. The predicted octanol–water partition coefficient (Wildman–Crippen LogP) is 3.64. The molecule has 2 saturated carbocycles. The van der Waals surface area contributed by atoms with E-state index in [2.05, 4.69) is 15.9 Å². The number of nitrogens with zero attached hydrogens (tertiary/aromatic N) is 1. The third-order valence-electron chi connectivity index (χ3n) is 5.08. The van der Waals surface area contributed by atoms with Gasteiger partial charge in [0.1, 0.15) is 0 Å². The monoisotopic (exact) mass is 353 g/mol. The highest BCUT2D eigenvalue weighted by Crippen LogP contribution is 2.57. The average Bonchev–Trinajstić information content (AvgIpc) is 3.06. The first-order valence-corrected chi connectivity index (χ1v) is 8.08. The quantitative estimate of drug-likeness (QED) is 0.722. The van der Waals surface area contributed by atoms with Gasteiger partial charge in [-0.2, -0.15) is 0 Å². The summed E-state index contributed by atoms with van der Waals surface area (Å²) in [7, 11) is 0. The molecule has 20 heavy (non-hydrogen) atoms. The second kappa shape index (κ2) is 4.31. The molecule has 2 amide bonds. The van der Waals surface area contributed by atoms with Gasteiger partial charge in [0.05, 0.1) is 22.5 Å². The smallest absolute Gasteiger partial charge is 0.238 e. The molecular weight excluding hydrogens is 342 g/mol. The molecular formula is C15H13BrClNO2. The zero-order valence-electron chi connectivity index (χ0n) is 10.7. The molecule has 0 unspecified atom stereocenters. The molecule has 4 atom stereocenters. The fourth-order valence-corrected chi connectivity index (χ4v) is 5.07. The number of anilines is 1. The predicted molar refractivity (Wildman–Crippen MR) is 79.5 cm³/mol. The Balaban J connectivity index is 1.77. The fraction of sp³-hybridized carbons (Fsp3) is 0.467. The molecule has 4 rings (SSSR count). The summed E-state index contributed by atoms with van der Waals surface area (Å²) in [6.45, 7) is 0. The minimum absolute atomic E-state index is 0.0450. The Hall–Kier alpha value is -0.870. The summed E-state index contributed by atoms with van der Waals surface area (Å²) in [4.78, 5) is 26.6. The van der Waals surface area contributed by atoms with Crippen molar-refractivity contribution in [1.82, 2.24) is 0 Å². The molecule has 2 bridgehead atoms. The number of benzene rings is 1. The molecule has 0 radical (unpaired) electrons. The van der Waals surface area contributed by atoms with E-state index < -0.39 is 0 Å². The van der Waals surface area contributed by atoms with Crippen molar-refractivity contribution in [3.8, 4) is 0 Å². The van der Waals surface area contributed by atoms with Gasteiger partial charge in [-0.25, -0.2) is 4.90 Å². The highest BCUT2D eigenvalue weighted by molar-refractivity contribution is 9.10. The van der Waals surface area contributed by atoms with E-state index in [9.17, 15) is 9.59 Å². The van der Waals surface area contributed by atoms with Gasteiger partial charge in [0.15, 0.2) is 0 Å². The Kier molecular flexibility index (Phi) is 2.77. The Labute approximate surface area is 130 Å². The van der Waals surface area contributed by atoms with Crippen LogP contribution >= 0.6 is 27.5 Å². The van der Waals surface area contributed by atoms with Gasteiger partial charge in [-0.05, 0) is 49.3 Å². The third kappa shape index (κ3) is 1.58. The maximum atomic E-state index is 12.7. The lowest BCUT2D eigenvalue weighted by Gasteiger charge is -2.19. The lowest BCUT2D eigenvalue weighted by molar-refractivity contribution is -0.123. The average molecular weight is 355 g/mol. The number of hydrogen-bond acceptors (Lipinski definition) is 2. The molecule has 3 fully saturated rings. The van der Waals surface area contributed by atoms with Crippen molar-refractivity contribution < 1.29 is 9.59 Å². The van der Waals surface area contributed by atoms with Crippen LogP contribution in [-0.4, -0.2) is 11.8 Å². The maximum absolute atomic E-state index is 12.7. The number of hydrogen-bond donors (Lipinski definition) is 0. The summed E-state index contributed by atoms with van der Waals surface area (Å²) in [6, 6.07) is 5.27. The fourth-order valence-electron chi connectivity index (χ4n) is 4.31. The zero-order valence-corrected chi connectivity index (χ0v) is 13.0. The second-order valence-corrected chi connectivity index (χ2v) is 7.32. The van der Waals surface area contributed by atoms with Gasteiger partial charge in [0.2, 0.25) is 11.8 Å². The third-order valence-corrected chi connectivity index (χ3v) is 5.87. The van der Waals surface area contributed by atoms with Gasteiger partial charge in [0.25, 0.3) is 0 Å². The number of halogens is 2. The van der Waals surface area contributed by atoms with E-state index in [1.807, 2.05) is 6.07 Å². The number of fused-ring (bicyclic) bond motifs is 5. The molecule has 1 aromatic carbocycles. The standard InChI is InChI=1S/C15H13BrClNO2/c16-9-3-4-11(10(17)6-9)18-14(19)12-7-1-2-8(5-7)13(12)15(18)20/h3-4,6-8,12-13H,1-2,5H2/t7-,8-,12-,13+/m0/s1. The number of carbonyl (C=O) groups excluding carboxylic acids is 2. The minimum atomic E-state index is -0.0963. The van der Waals surface area contributed by atoms with E-state index in [1.54, 1.807) is 12.1 Å². The zero-order chi connectivity index (χ0) is 14.0. The molecule has 5 heteroatoms. The molecule has 1 saturated heterocycles. The van der Waals surface area contributed by atoms with E-state index in [0.717, 1.165) is 23.7 Å². The van der Waals surface area contributed by atoms with Crippen LogP contribution in [0, 0.1) is 23.7 Å². The normalized spacial score (nSPS) is 35.0. The molecule has 0 N–H and O–H groups in total. The first kappa shape index (κ1) is 12.8. The number of rotatable bonds is 1. The molecule has 1 aliphatic heterocycles. The summed E-state index contributed by atoms with van der Waals surface area (Å²) in [6.07, 6.45) is 3.23. The SMILES string of the molecule is O=C1[C@@H]2[C@H]3CC[C@@H](C3)[C@@H]2C(=O)N1c1ccc(Br)cc1Cl. The van der Waals surface area contributed by atoms with Gasteiger partial charge in [-0.1, -0.05) is 27.5 Å². The maximum Gasteiger partial charge on any atom is 0.238 e. The van der Waals surface area contributed by atoms with Crippen molar-refractivity contribution in [3.05, 3.63) is 27.7 Å². The lowest BCUT2D eigenvalue weighted by atomic mass is 9.81. The molecule has 3 nitrogen and oxygen atoms in total. The van der Waals surface area contributed by atoms with Gasteiger partial charge in [-0.3, -0.25) is 9.59 Å². The van der Waals surface area contributed by atoms with E-state index in [-0.39, 0.29) is 23.7 Å². The Morgan fingerprint density at radius 2 is 1.70 bits per heavy atom. The summed E-state index contributed by atoms with van der Waals surface area (Å²) in [5.74, 6) is 0.524. The van der Waals surface area contributed by atoms with Crippen LogP contribution in [0.1, 0.15) is 19.3 Å². The van der Waals surface area contributed by atoms with Crippen LogP contribution in [0.4, 0.5) is 5.69 Å². The first-order chi connectivity index (χ1) is 9.58. The summed E-state index contributed by atoms with van der Waals surface area (Å²) >= 11 is 9.55. The van der Waals surface area contributed by atoms with Crippen LogP contribution in [0.2, 0.25) is 5.02 Å². The second-order valence-electron chi connectivity index (χ2n) is 5.99. The molecule has 1 aromatic rings. The van der Waals surface area contributed by atoms with Crippen LogP contribution in [0.25, 0.3) is 0 Å². The van der Waals surface area contributed by atoms with E-state index in [0.29, 0.717) is 22.5 Å². The van der Waals surface area contributed by atoms with Crippen molar-refractivity contribution in [2.24, 2.45) is 23.7 Å². The van der Waals surface area contributed by atoms with E-state index >= 15 is 0 Å². The van der Waals surface area contributed by atoms with Gasteiger partial charge < -0.3 is 0 Å². The highest BCUT2D eigenvalue weighted by atomic mass is 79.9. The van der Waals surface area contributed by atoms with Crippen LogP contribution < -0.4 is 4.90 Å². The van der Waals surface area contributed by atoms with Crippen molar-refractivity contribution in [2.75, 3.05) is 4.90 Å². The largest absolute Gasteiger partial charge is 0.274 e. The van der Waals surface area contributed by atoms with Crippen LogP contribution in [0.5, 0.6) is 0 Å². The van der Waals surface area contributed by atoms with Crippen molar-refractivity contribution in [2.45, 2.75) is 19.3 Å². The lowest BCUT2D eigenvalue weighted by Crippen LogP contribution is -2.32. The van der Waals surface area contributed by atoms with Crippen LogP contribution in [0.15, 0.2) is 22.7 Å². The first-order valence-electron chi connectivity index (χ1n) is 6.91. The molecule has 104 valence electrons. The van der Waals surface area contributed by atoms with Gasteiger partial charge >= 0.3 is 0 Å². The molecule has 0 aromatic heterocycles. The van der Waals surface area contributed by atoms with Crippen LogP contribution in [-0.2, 0) is 9.59 Å². The Morgan fingerprint density at radius 3 is 2.25 bits per heavy atom. The number of imide groups is 1. The summed E-state index contributed by atoms with van der Waals surface area (Å²) in [5.41, 5.74) is 0.527. The number of amides is 2. The molecule has 2 aliphatic carbocycles. The Bertz CT molecular complexity index is 604. The Morgan fingerprint density at radius 1 is 1.10 bits per heavy atom. The highest BCUT2D eigenvalue weighted by Gasteiger charge is 2.61. The van der Waals surface area contributed by atoms with E-state index in [4.69, 9.17) is 11.6 Å². The van der Waals surface area contributed by atoms with Gasteiger partial charge in [0, 0.05) is 4.47 Å². The van der Waals surface area contributed by atoms with Crippen molar-refractivity contribution in [3.63, 3.8) is 0 Å². The summed E-state index contributed by atoms with van der Waals surface area (Å²) in [5, 5.41) is 0.438. The molecule has 0 spiro atoms. The minimum Gasteiger partial charge on any atom is -0.274 e. The van der Waals surface area contributed by atoms with E-state index in [1.165, 1.54) is 4.90 Å². The van der Waals surface area contributed by atoms with Crippen LogP contribution in [0.3, 0.4) is 0 Å². The van der Waals surface area contributed by atoms with Crippen molar-refractivity contribution >= 4 is 45.0 Å². The molecule has 1 heterocycles. The van der Waals surface area contributed by atoms with Crippen molar-refractivity contribution in [1.29, 1.82) is 0 Å². The topological polar surface area (TPSA) is 37.4 Å².